The number of methoxy groups -OCH3 is 1. The smallest absolute Gasteiger partial charge is 0.291 e. The van der Waals surface area contributed by atoms with Crippen LogP contribution >= 0.6 is 11.6 Å². The van der Waals surface area contributed by atoms with Crippen LogP contribution in [0.5, 0.6) is 0 Å². The van der Waals surface area contributed by atoms with Gasteiger partial charge < -0.3 is 14.5 Å². The van der Waals surface area contributed by atoms with Crippen molar-refractivity contribution in [2.24, 2.45) is 0 Å². The van der Waals surface area contributed by atoms with Gasteiger partial charge in [0.25, 0.3) is 5.91 Å². The number of carbonyl (C=O) groups is 1. The standard InChI is InChI=1S/C15H16ClNO4S/c1-20-7-8-22(19)10-11-3-2-4-12(9-11)17-15(18)13-5-6-14(16)21-13/h2-6,9H,7-8,10H2,1H3,(H,17,18). The Hall–Kier alpha value is -1.63. The monoisotopic (exact) mass is 341 g/mol. The quantitative estimate of drug-likeness (QED) is 0.840. The van der Waals surface area contributed by atoms with Crippen molar-refractivity contribution >= 4 is 34.0 Å². The molecule has 0 spiro atoms. The molecular weight excluding hydrogens is 326 g/mol. The van der Waals surface area contributed by atoms with E-state index in [0.29, 0.717) is 23.8 Å². The van der Waals surface area contributed by atoms with Crippen molar-refractivity contribution < 1.29 is 18.2 Å². The van der Waals surface area contributed by atoms with E-state index in [0.717, 1.165) is 5.56 Å². The van der Waals surface area contributed by atoms with Gasteiger partial charge in [-0.25, -0.2) is 0 Å². The molecule has 0 saturated heterocycles. The van der Waals surface area contributed by atoms with Crippen molar-refractivity contribution in [3.05, 3.63) is 52.9 Å². The number of ether oxygens (including phenoxy) is 1. The number of carbonyl (C=O) groups excluding carboxylic acids is 1. The molecule has 0 aliphatic rings. The van der Waals surface area contributed by atoms with E-state index in [1.807, 2.05) is 6.07 Å². The second-order valence-corrected chi connectivity index (χ2v) is 6.49. The summed E-state index contributed by atoms with van der Waals surface area (Å²) in [6.07, 6.45) is 0. The molecule has 2 aromatic rings. The third-order valence-corrected chi connectivity index (χ3v) is 4.31. The highest BCUT2D eigenvalue weighted by Gasteiger charge is 2.11. The van der Waals surface area contributed by atoms with E-state index >= 15 is 0 Å². The van der Waals surface area contributed by atoms with Gasteiger partial charge >= 0.3 is 0 Å². The van der Waals surface area contributed by atoms with Crippen LogP contribution in [0, 0.1) is 0 Å². The van der Waals surface area contributed by atoms with Crippen LogP contribution in [0.1, 0.15) is 16.1 Å². The van der Waals surface area contributed by atoms with Crippen molar-refractivity contribution in [3.63, 3.8) is 0 Å². The van der Waals surface area contributed by atoms with Crippen LogP contribution < -0.4 is 5.32 Å². The number of amides is 1. The number of hydrogen-bond donors (Lipinski definition) is 1. The van der Waals surface area contributed by atoms with Gasteiger partial charge in [-0.15, -0.1) is 0 Å². The second kappa shape index (κ2) is 8.12. The molecule has 0 saturated carbocycles. The lowest BCUT2D eigenvalue weighted by atomic mass is 10.2. The maximum atomic E-state index is 12.0. The predicted molar refractivity (Wildman–Crippen MR) is 86.7 cm³/mol. The number of rotatable bonds is 7. The van der Waals surface area contributed by atoms with Crippen LogP contribution in [0.25, 0.3) is 0 Å². The minimum atomic E-state index is -0.998. The van der Waals surface area contributed by atoms with Crippen LogP contribution in [-0.2, 0) is 21.3 Å². The van der Waals surface area contributed by atoms with Gasteiger partial charge in [0.15, 0.2) is 11.0 Å². The number of nitrogens with one attached hydrogen (secondary N) is 1. The minimum Gasteiger partial charge on any atom is -0.440 e. The topological polar surface area (TPSA) is 68.5 Å². The Labute approximate surface area is 136 Å². The van der Waals surface area contributed by atoms with E-state index in [4.69, 9.17) is 20.8 Å². The summed E-state index contributed by atoms with van der Waals surface area (Å²) >= 11 is 5.64. The van der Waals surface area contributed by atoms with E-state index in [-0.39, 0.29) is 16.9 Å². The zero-order valence-electron chi connectivity index (χ0n) is 12.0. The SMILES string of the molecule is COCCS(=O)Cc1cccc(NC(=O)c2ccc(Cl)o2)c1. The van der Waals surface area contributed by atoms with Crippen molar-refractivity contribution in [1.82, 2.24) is 0 Å². The molecule has 7 heteroatoms. The van der Waals surface area contributed by atoms with Crippen LogP contribution in [-0.4, -0.2) is 29.6 Å². The molecule has 1 heterocycles. The molecule has 1 amide bonds. The summed E-state index contributed by atoms with van der Waals surface area (Å²) in [4.78, 5) is 12.0. The molecule has 118 valence electrons. The molecule has 1 atom stereocenters. The Balaban J connectivity index is 1.99. The lowest BCUT2D eigenvalue weighted by Gasteiger charge is -2.06. The van der Waals surface area contributed by atoms with Gasteiger partial charge in [0, 0.05) is 35.1 Å². The Morgan fingerprint density at radius 1 is 1.36 bits per heavy atom. The molecular formula is C15H16ClNO4S. The maximum absolute atomic E-state index is 12.0. The predicted octanol–water partition coefficient (Wildman–Crippen LogP) is 3.08. The summed E-state index contributed by atoms with van der Waals surface area (Å²) < 4.78 is 21.8. The van der Waals surface area contributed by atoms with Gasteiger partial charge in [0.05, 0.1) is 6.61 Å². The van der Waals surface area contributed by atoms with Crippen LogP contribution in [0.3, 0.4) is 0 Å². The average molecular weight is 342 g/mol. The van der Waals surface area contributed by atoms with Gasteiger partial charge in [-0.05, 0) is 41.4 Å². The molecule has 1 N–H and O–H groups in total. The first-order valence-corrected chi connectivity index (χ1v) is 8.44. The minimum absolute atomic E-state index is 0.138. The van der Waals surface area contributed by atoms with Gasteiger partial charge in [-0.1, -0.05) is 12.1 Å². The summed E-state index contributed by atoms with van der Waals surface area (Å²) in [6.45, 7) is 0.461. The molecule has 22 heavy (non-hydrogen) atoms. The summed E-state index contributed by atoms with van der Waals surface area (Å²) in [6, 6.07) is 10.2. The number of hydrogen-bond acceptors (Lipinski definition) is 4. The normalized spacial score (nSPS) is 12.1. The third-order valence-electron chi connectivity index (χ3n) is 2.82. The number of anilines is 1. The number of benzene rings is 1. The fourth-order valence-electron chi connectivity index (χ4n) is 1.80. The Kier molecular flexibility index (Phi) is 6.18. The highest BCUT2D eigenvalue weighted by molar-refractivity contribution is 7.84. The molecule has 5 nitrogen and oxygen atoms in total. The zero-order chi connectivity index (χ0) is 15.9. The van der Waals surface area contributed by atoms with Crippen molar-refractivity contribution in [3.8, 4) is 0 Å². The Morgan fingerprint density at radius 3 is 2.86 bits per heavy atom. The first-order chi connectivity index (χ1) is 10.6. The third kappa shape index (κ3) is 4.98. The lowest BCUT2D eigenvalue weighted by Crippen LogP contribution is -2.11. The highest BCUT2D eigenvalue weighted by Crippen LogP contribution is 2.17. The number of halogens is 1. The molecule has 0 fully saturated rings. The fourth-order valence-corrected chi connectivity index (χ4v) is 3.00. The summed E-state index contributed by atoms with van der Waals surface area (Å²) in [5.74, 6) is 0.654. The second-order valence-electron chi connectivity index (χ2n) is 4.54. The largest absolute Gasteiger partial charge is 0.440 e. The van der Waals surface area contributed by atoms with E-state index in [1.165, 1.54) is 12.1 Å². The van der Waals surface area contributed by atoms with E-state index < -0.39 is 10.8 Å². The molecule has 0 aliphatic heterocycles. The first-order valence-electron chi connectivity index (χ1n) is 6.58. The molecule has 0 aliphatic carbocycles. The summed E-state index contributed by atoms with van der Waals surface area (Å²) in [5.41, 5.74) is 1.49. The van der Waals surface area contributed by atoms with E-state index in [1.54, 1.807) is 25.3 Å². The van der Waals surface area contributed by atoms with Crippen LogP contribution in [0.4, 0.5) is 5.69 Å². The van der Waals surface area contributed by atoms with E-state index in [9.17, 15) is 9.00 Å². The van der Waals surface area contributed by atoms with Gasteiger partial charge in [0.1, 0.15) is 0 Å². The zero-order valence-corrected chi connectivity index (χ0v) is 13.6. The Morgan fingerprint density at radius 2 is 2.18 bits per heavy atom. The first kappa shape index (κ1) is 16.7. The van der Waals surface area contributed by atoms with Crippen LogP contribution in [0.2, 0.25) is 5.22 Å². The fraction of sp³-hybridized carbons (Fsp3) is 0.267. The summed E-state index contributed by atoms with van der Waals surface area (Å²) in [7, 11) is 0.579. The Bertz CT molecular complexity index is 671. The average Bonchev–Trinajstić information content (AvgIpc) is 2.92. The number of furan rings is 1. The molecule has 1 aromatic carbocycles. The maximum Gasteiger partial charge on any atom is 0.291 e. The van der Waals surface area contributed by atoms with Gasteiger partial charge in [-0.3, -0.25) is 9.00 Å². The molecule has 1 unspecified atom stereocenters. The van der Waals surface area contributed by atoms with Crippen molar-refractivity contribution in [2.75, 3.05) is 24.8 Å². The van der Waals surface area contributed by atoms with Crippen molar-refractivity contribution in [2.45, 2.75) is 5.75 Å². The summed E-state index contributed by atoms with van der Waals surface area (Å²) in [5, 5.41) is 2.87. The van der Waals surface area contributed by atoms with Crippen molar-refractivity contribution in [1.29, 1.82) is 0 Å². The van der Waals surface area contributed by atoms with Gasteiger partial charge in [0.2, 0.25) is 0 Å². The highest BCUT2D eigenvalue weighted by atomic mass is 35.5. The molecule has 0 radical (unpaired) electrons. The van der Waals surface area contributed by atoms with Gasteiger partial charge in [-0.2, -0.15) is 0 Å². The molecule has 1 aromatic heterocycles. The lowest BCUT2D eigenvalue weighted by molar-refractivity contribution is 0.0997. The molecule has 0 bridgehead atoms. The van der Waals surface area contributed by atoms with Crippen LogP contribution in [0.15, 0.2) is 40.8 Å². The molecule has 2 rings (SSSR count). The van der Waals surface area contributed by atoms with E-state index in [2.05, 4.69) is 5.32 Å².